The van der Waals surface area contributed by atoms with Crippen molar-refractivity contribution in [1.29, 1.82) is 0 Å². The minimum absolute atomic E-state index is 0.0264. The molecule has 0 heterocycles. The molecular formula is C87H140O17P2. The molecule has 3 N–H and O–H groups in total. The molecule has 0 saturated heterocycles. The van der Waals surface area contributed by atoms with Gasteiger partial charge in [0.05, 0.1) is 26.4 Å². The van der Waals surface area contributed by atoms with E-state index >= 15 is 0 Å². The van der Waals surface area contributed by atoms with Gasteiger partial charge in [0.15, 0.2) is 12.2 Å². The average molecular weight is 1520 g/mol. The van der Waals surface area contributed by atoms with Crippen LogP contribution in [0.2, 0.25) is 0 Å². The first kappa shape index (κ1) is 100. The molecule has 0 rings (SSSR count). The maximum absolute atomic E-state index is 13.1. The van der Waals surface area contributed by atoms with E-state index in [1.807, 2.05) is 12.2 Å². The van der Waals surface area contributed by atoms with Gasteiger partial charge in [0.25, 0.3) is 0 Å². The number of phosphoric ester groups is 2. The summed E-state index contributed by atoms with van der Waals surface area (Å²) < 4.78 is 68.5. The maximum atomic E-state index is 13.1. The van der Waals surface area contributed by atoms with Crippen molar-refractivity contribution in [1.82, 2.24) is 0 Å². The minimum atomic E-state index is -5.01. The molecule has 106 heavy (non-hydrogen) atoms. The Labute approximate surface area is 641 Å². The van der Waals surface area contributed by atoms with Crippen LogP contribution >= 0.6 is 15.6 Å². The molecule has 0 aromatic heterocycles. The van der Waals surface area contributed by atoms with Gasteiger partial charge >= 0.3 is 39.5 Å². The number of allylic oxidation sites excluding steroid dienone is 30. The van der Waals surface area contributed by atoms with E-state index in [2.05, 4.69) is 198 Å². The molecule has 600 valence electrons. The lowest BCUT2D eigenvalue weighted by molar-refractivity contribution is -0.161. The van der Waals surface area contributed by atoms with Crippen LogP contribution in [0.3, 0.4) is 0 Å². The van der Waals surface area contributed by atoms with Crippen LogP contribution in [0.4, 0.5) is 0 Å². The monoisotopic (exact) mass is 1520 g/mol. The van der Waals surface area contributed by atoms with E-state index in [9.17, 15) is 43.2 Å². The van der Waals surface area contributed by atoms with E-state index in [0.717, 1.165) is 154 Å². The number of carbonyl (C=O) groups excluding carboxylic acids is 4. The molecule has 0 aromatic carbocycles. The summed E-state index contributed by atoms with van der Waals surface area (Å²) in [5.74, 6) is -2.35. The van der Waals surface area contributed by atoms with Crippen molar-refractivity contribution < 1.29 is 80.2 Å². The van der Waals surface area contributed by atoms with Gasteiger partial charge in [0.2, 0.25) is 0 Å². The zero-order valence-electron chi connectivity index (χ0n) is 65.5. The zero-order chi connectivity index (χ0) is 77.4. The summed E-state index contributed by atoms with van der Waals surface area (Å²) in [5, 5.41) is 10.6. The van der Waals surface area contributed by atoms with Crippen LogP contribution in [0, 0.1) is 0 Å². The largest absolute Gasteiger partial charge is 0.472 e. The Balaban J connectivity index is 5.50. The van der Waals surface area contributed by atoms with Crippen molar-refractivity contribution in [2.75, 3.05) is 39.6 Å². The number of ether oxygens (including phenoxy) is 4. The van der Waals surface area contributed by atoms with Gasteiger partial charge in [-0.25, -0.2) is 9.13 Å². The highest BCUT2D eigenvalue weighted by Gasteiger charge is 2.30. The molecule has 0 fully saturated rings. The highest BCUT2D eigenvalue weighted by molar-refractivity contribution is 7.47. The molecule has 0 aliphatic carbocycles. The summed E-state index contributed by atoms with van der Waals surface area (Å²) in [6.07, 6.45) is 93.1. The Morgan fingerprint density at radius 3 is 0.830 bits per heavy atom. The predicted molar refractivity (Wildman–Crippen MR) is 436 cm³/mol. The second kappa shape index (κ2) is 77.3. The molecule has 0 aromatic rings. The Morgan fingerprint density at radius 1 is 0.274 bits per heavy atom. The van der Waals surface area contributed by atoms with E-state index in [0.29, 0.717) is 38.5 Å². The second-order valence-corrected chi connectivity index (χ2v) is 28.8. The summed E-state index contributed by atoms with van der Waals surface area (Å²) in [6.45, 7) is 4.35. The first-order valence-electron chi connectivity index (χ1n) is 40.0. The maximum Gasteiger partial charge on any atom is 0.472 e. The molecule has 19 heteroatoms. The van der Waals surface area contributed by atoms with Gasteiger partial charge in [-0.1, -0.05) is 268 Å². The Hall–Kier alpha value is -5.84. The van der Waals surface area contributed by atoms with E-state index in [1.165, 1.54) is 38.5 Å². The topological polar surface area (TPSA) is 237 Å². The normalized spacial score (nSPS) is 14.8. The second-order valence-electron chi connectivity index (χ2n) is 25.9. The highest BCUT2D eigenvalue weighted by atomic mass is 31.2. The van der Waals surface area contributed by atoms with E-state index in [4.69, 9.17) is 37.0 Å². The zero-order valence-corrected chi connectivity index (χ0v) is 67.3. The van der Waals surface area contributed by atoms with E-state index < -0.39 is 97.5 Å². The van der Waals surface area contributed by atoms with Crippen molar-refractivity contribution in [3.63, 3.8) is 0 Å². The van der Waals surface area contributed by atoms with Crippen LogP contribution in [0.25, 0.3) is 0 Å². The van der Waals surface area contributed by atoms with Crippen LogP contribution in [-0.4, -0.2) is 96.7 Å². The molecule has 0 aliphatic rings. The number of rotatable bonds is 73. The fraction of sp³-hybridized carbons (Fsp3) is 0.609. The predicted octanol–water partition coefficient (Wildman–Crippen LogP) is 23.6. The lowest BCUT2D eigenvalue weighted by Crippen LogP contribution is -2.30. The number of phosphoric acid groups is 2. The van der Waals surface area contributed by atoms with E-state index in [1.54, 1.807) is 0 Å². The number of aliphatic hydroxyl groups excluding tert-OH is 1. The third kappa shape index (κ3) is 76.4. The van der Waals surface area contributed by atoms with Crippen molar-refractivity contribution >= 4 is 39.5 Å². The quantitative estimate of drug-likeness (QED) is 0.0169. The number of hydrogen-bond donors (Lipinski definition) is 3. The fourth-order valence-electron chi connectivity index (χ4n) is 9.85. The average Bonchev–Trinajstić information content (AvgIpc) is 0.909. The summed E-state index contributed by atoms with van der Waals surface area (Å²) in [5.41, 5.74) is 0. The summed E-state index contributed by atoms with van der Waals surface area (Å²) in [6, 6.07) is 0. The molecule has 5 unspecified atom stereocenters. The van der Waals surface area contributed by atoms with Crippen LogP contribution in [0.1, 0.15) is 285 Å². The molecule has 0 amide bonds. The van der Waals surface area contributed by atoms with Gasteiger partial charge < -0.3 is 33.8 Å². The van der Waals surface area contributed by atoms with Crippen LogP contribution in [-0.2, 0) is 65.4 Å². The lowest BCUT2D eigenvalue weighted by atomic mass is 10.1. The molecule has 0 bridgehead atoms. The Kier molecular flexibility index (Phi) is 73.1. The Morgan fingerprint density at radius 2 is 0.500 bits per heavy atom. The van der Waals surface area contributed by atoms with Crippen molar-refractivity contribution in [3.8, 4) is 0 Å². The standard InChI is InChI=1S/C87H140O17P2/c1-5-9-13-17-21-25-29-33-37-39-40-42-46-48-52-56-60-64-68-72-85(90)98-78-83(104-87(92)74-70-66-62-58-54-50-44-36-32-28-24-20-16-12-8-4)80-102-106(95,96)100-76-81(88)75-99-105(93,94)101-79-82(103-86(91)73-69-65-61-57-53-49-43-35-31-27-23-19-15-11-7-3)77-97-84(89)71-67-63-59-55-51-47-45-41-38-34-30-26-22-18-14-10-6-2/h9-10,12-14,16,21-22,24-26,28,33-38,40,42-45,47-48,52,54-55,58-59,81-83,88H,5-8,11,15,17-20,23,27,29-32,39,41,46,49-51,53,56-57,60-80H2,1-4H3,(H,93,94)(H,95,96)/b13-9-,14-10-,16-12-,25-21-,26-22-,28-24-,37-33-,38-34-,42-40-,43-35-,44-36-,47-45-,52-48-,58-54-,59-55-. The van der Waals surface area contributed by atoms with Gasteiger partial charge in [-0.3, -0.25) is 37.3 Å². The Bertz CT molecular complexity index is 2730. The van der Waals surface area contributed by atoms with Crippen molar-refractivity contribution in [2.45, 2.75) is 303 Å². The summed E-state index contributed by atoms with van der Waals surface area (Å²) >= 11 is 0. The molecule has 5 atom stereocenters. The smallest absolute Gasteiger partial charge is 0.462 e. The lowest BCUT2D eigenvalue weighted by Gasteiger charge is -2.21. The van der Waals surface area contributed by atoms with E-state index in [-0.39, 0.29) is 25.7 Å². The van der Waals surface area contributed by atoms with Gasteiger partial charge in [-0.15, -0.1) is 0 Å². The number of carbonyl (C=O) groups is 4. The molecule has 0 spiro atoms. The molecule has 17 nitrogen and oxygen atoms in total. The molecule has 0 radical (unpaired) electrons. The van der Waals surface area contributed by atoms with Crippen LogP contribution in [0.5, 0.6) is 0 Å². The third-order valence-corrected chi connectivity index (χ3v) is 17.7. The van der Waals surface area contributed by atoms with Gasteiger partial charge in [0.1, 0.15) is 19.3 Å². The highest BCUT2D eigenvalue weighted by Crippen LogP contribution is 2.45. The van der Waals surface area contributed by atoms with Gasteiger partial charge in [-0.05, 0) is 173 Å². The fourth-order valence-corrected chi connectivity index (χ4v) is 11.4. The first-order valence-corrected chi connectivity index (χ1v) is 43.0. The summed E-state index contributed by atoms with van der Waals surface area (Å²) in [7, 11) is -10.0. The van der Waals surface area contributed by atoms with Gasteiger partial charge in [0, 0.05) is 25.7 Å². The minimum Gasteiger partial charge on any atom is -0.462 e. The molecule has 0 saturated carbocycles. The number of hydrogen-bond acceptors (Lipinski definition) is 15. The first-order chi connectivity index (χ1) is 51.7. The van der Waals surface area contributed by atoms with Crippen LogP contribution < -0.4 is 0 Å². The van der Waals surface area contributed by atoms with Crippen LogP contribution in [0.15, 0.2) is 182 Å². The third-order valence-electron chi connectivity index (χ3n) is 15.8. The molecule has 0 aliphatic heterocycles. The number of aliphatic hydroxyl groups is 1. The van der Waals surface area contributed by atoms with Crippen molar-refractivity contribution in [3.05, 3.63) is 182 Å². The number of esters is 4. The SMILES string of the molecule is CC/C=C\C/C=C\C/C=C\C/C=C\C/C=C\CCCCCC(=O)OCC(COP(=O)(O)OCC(O)COP(=O)(O)OCC(COC(=O)CCC/C=C\C/C=C\C/C=C\C/C=C\C/C=C\CC)OC(=O)CCCCCCC/C=C\CCCCCCCC)OC(=O)CCCC/C=C\C/C=C\C/C=C\C/C=C\CC. The number of unbranched alkanes of at least 4 members (excludes halogenated alkanes) is 17. The van der Waals surface area contributed by atoms with Crippen molar-refractivity contribution in [2.24, 2.45) is 0 Å². The molecular weight excluding hydrogens is 1380 g/mol. The summed E-state index contributed by atoms with van der Waals surface area (Å²) in [4.78, 5) is 73.0. The van der Waals surface area contributed by atoms with Gasteiger partial charge in [-0.2, -0.15) is 0 Å².